The minimum atomic E-state index is -0.406. The standard InChI is InChI=1S/C15H14BrFO2/c1-10(2)18-12-4-6-13(7-5-12)19-15-8-3-11(16)9-14(15)17/h3-10H,1-2H3. The van der Waals surface area contributed by atoms with Gasteiger partial charge < -0.3 is 9.47 Å². The number of hydrogen-bond acceptors (Lipinski definition) is 2. The molecule has 0 aromatic heterocycles. The van der Waals surface area contributed by atoms with Crippen molar-refractivity contribution >= 4 is 15.9 Å². The Bertz CT molecular complexity index is 553. The van der Waals surface area contributed by atoms with E-state index >= 15 is 0 Å². The molecule has 0 aliphatic rings. The van der Waals surface area contributed by atoms with Crippen molar-refractivity contribution in [3.63, 3.8) is 0 Å². The summed E-state index contributed by atoms with van der Waals surface area (Å²) in [5.41, 5.74) is 0. The predicted octanol–water partition coefficient (Wildman–Crippen LogP) is 5.17. The summed E-state index contributed by atoms with van der Waals surface area (Å²) < 4.78 is 25.3. The summed E-state index contributed by atoms with van der Waals surface area (Å²) >= 11 is 3.20. The molecule has 0 bridgehead atoms. The first-order chi connectivity index (χ1) is 9.04. The molecular formula is C15H14BrFO2. The number of ether oxygens (including phenoxy) is 2. The summed E-state index contributed by atoms with van der Waals surface area (Å²) in [4.78, 5) is 0. The van der Waals surface area contributed by atoms with E-state index in [9.17, 15) is 4.39 Å². The Balaban J connectivity index is 2.10. The van der Waals surface area contributed by atoms with E-state index < -0.39 is 5.82 Å². The van der Waals surface area contributed by atoms with Crippen molar-refractivity contribution in [3.05, 3.63) is 52.8 Å². The van der Waals surface area contributed by atoms with Crippen molar-refractivity contribution in [2.75, 3.05) is 0 Å². The van der Waals surface area contributed by atoms with Gasteiger partial charge in [0.05, 0.1) is 6.10 Å². The van der Waals surface area contributed by atoms with Crippen molar-refractivity contribution in [1.82, 2.24) is 0 Å². The van der Waals surface area contributed by atoms with Crippen molar-refractivity contribution < 1.29 is 13.9 Å². The molecule has 2 rings (SSSR count). The van der Waals surface area contributed by atoms with Gasteiger partial charge in [0, 0.05) is 4.47 Å². The predicted molar refractivity (Wildman–Crippen MR) is 76.4 cm³/mol. The molecule has 2 aromatic carbocycles. The summed E-state index contributed by atoms with van der Waals surface area (Å²) in [6.07, 6.45) is 0.121. The first kappa shape index (κ1) is 13.9. The molecule has 0 atom stereocenters. The van der Waals surface area contributed by atoms with Gasteiger partial charge in [-0.15, -0.1) is 0 Å². The van der Waals surface area contributed by atoms with Crippen LogP contribution in [-0.4, -0.2) is 6.10 Å². The quantitative estimate of drug-likeness (QED) is 0.772. The molecule has 0 aliphatic heterocycles. The molecule has 0 spiro atoms. The largest absolute Gasteiger partial charge is 0.491 e. The molecule has 2 aromatic rings. The third-order valence-corrected chi connectivity index (χ3v) is 2.81. The molecule has 2 nitrogen and oxygen atoms in total. The lowest BCUT2D eigenvalue weighted by Crippen LogP contribution is -2.05. The molecule has 0 saturated heterocycles. The lowest BCUT2D eigenvalue weighted by molar-refractivity contribution is 0.242. The molecule has 4 heteroatoms. The SMILES string of the molecule is CC(C)Oc1ccc(Oc2ccc(Br)cc2F)cc1. The molecular weight excluding hydrogens is 311 g/mol. The zero-order valence-electron chi connectivity index (χ0n) is 10.7. The van der Waals surface area contributed by atoms with Crippen molar-refractivity contribution in [3.8, 4) is 17.2 Å². The fraction of sp³-hybridized carbons (Fsp3) is 0.200. The molecule has 100 valence electrons. The van der Waals surface area contributed by atoms with E-state index in [4.69, 9.17) is 9.47 Å². The third kappa shape index (κ3) is 3.96. The smallest absolute Gasteiger partial charge is 0.166 e. The summed E-state index contributed by atoms with van der Waals surface area (Å²) in [6, 6.07) is 11.8. The fourth-order valence-corrected chi connectivity index (χ4v) is 1.88. The van der Waals surface area contributed by atoms with Crippen LogP contribution in [0.15, 0.2) is 46.9 Å². The maximum Gasteiger partial charge on any atom is 0.166 e. The Kier molecular flexibility index (Phi) is 4.43. The highest BCUT2D eigenvalue weighted by molar-refractivity contribution is 9.10. The van der Waals surface area contributed by atoms with Gasteiger partial charge >= 0.3 is 0 Å². The van der Waals surface area contributed by atoms with E-state index in [1.807, 2.05) is 13.8 Å². The maximum atomic E-state index is 13.6. The van der Waals surface area contributed by atoms with Crippen molar-refractivity contribution in [2.24, 2.45) is 0 Å². The minimum absolute atomic E-state index is 0.121. The van der Waals surface area contributed by atoms with E-state index in [2.05, 4.69) is 15.9 Å². The van der Waals surface area contributed by atoms with Gasteiger partial charge in [0.25, 0.3) is 0 Å². The molecule has 0 N–H and O–H groups in total. The summed E-state index contributed by atoms with van der Waals surface area (Å²) in [5, 5.41) is 0. The van der Waals surface area contributed by atoms with Crippen LogP contribution in [-0.2, 0) is 0 Å². The Hall–Kier alpha value is -1.55. The van der Waals surface area contributed by atoms with E-state index in [0.29, 0.717) is 10.2 Å². The van der Waals surface area contributed by atoms with Crippen LogP contribution >= 0.6 is 15.9 Å². The Morgan fingerprint density at radius 1 is 1.00 bits per heavy atom. The number of rotatable bonds is 4. The van der Waals surface area contributed by atoms with Crippen LogP contribution in [0.25, 0.3) is 0 Å². The average Bonchev–Trinajstić information content (AvgIpc) is 2.34. The Morgan fingerprint density at radius 3 is 2.21 bits per heavy atom. The van der Waals surface area contributed by atoms with Crippen LogP contribution in [0, 0.1) is 5.82 Å². The molecule has 0 unspecified atom stereocenters. The molecule has 0 fully saturated rings. The van der Waals surface area contributed by atoms with E-state index in [1.165, 1.54) is 6.07 Å². The van der Waals surface area contributed by atoms with E-state index in [-0.39, 0.29) is 11.9 Å². The van der Waals surface area contributed by atoms with Crippen LogP contribution in [0.2, 0.25) is 0 Å². The van der Waals surface area contributed by atoms with Crippen molar-refractivity contribution in [1.29, 1.82) is 0 Å². The van der Waals surface area contributed by atoms with Gasteiger partial charge in [-0.1, -0.05) is 15.9 Å². The lowest BCUT2D eigenvalue weighted by atomic mass is 10.3. The van der Waals surface area contributed by atoms with Gasteiger partial charge in [0.2, 0.25) is 0 Å². The van der Waals surface area contributed by atoms with Gasteiger partial charge in [0.15, 0.2) is 11.6 Å². The lowest BCUT2D eigenvalue weighted by Gasteiger charge is -2.11. The zero-order valence-corrected chi connectivity index (χ0v) is 12.3. The normalized spacial score (nSPS) is 10.6. The fourth-order valence-electron chi connectivity index (χ4n) is 1.54. The van der Waals surface area contributed by atoms with Crippen LogP contribution in [0.4, 0.5) is 4.39 Å². The Labute approximate surface area is 120 Å². The van der Waals surface area contributed by atoms with Crippen LogP contribution in [0.1, 0.15) is 13.8 Å². The van der Waals surface area contributed by atoms with Gasteiger partial charge in [0.1, 0.15) is 11.5 Å². The third-order valence-electron chi connectivity index (χ3n) is 2.32. The maximum absolute atomic E-state index is 13.6. The van der Waals surface area contributed by atoms with Crippen LogP contribution in [0.3, 0.4) is 0 Å². The average molecular weight is 325 g/mol. The summed E-state index contributed by atoms with van der Waals surface area (Å²) in [6.45, 7) is 3.92. The summed E-state index contributed by atoms with van der Waals surface area (Å²) in [5.74, 6) is 1.12. The van der Waals surface area contributed by atoms with E-state index in [1.54, 1.807) is 36.4 Å². The highest BCUT2D eigenvalue weighted by atomic mass is 79.9. The number of halogens is 2. The molecule has 0 heterocycles. The zero-order chi connectivity index (χ0) is 13.8. The van der Waals surface area contributed by atoms with Crippen LogP contribution < -0.4 is 9.47 Å². The first-order valence-electron chi connectivity index (χ1n) is 5.94. The molecule has 0 saturated carbocycles. The topological polar surface area (TPSA) is 18.5 Å². The second-order valence-corrected chi connectivity index (χ2v) is 5.23. The first-order valence-corrected chi connectivity index (χ1v) is 6.73. The molecule has 19 heavy (non-hydrogen) atoms. The number of benzene rings is 2. The van der Waals surface area contributed by atoms with Gasteiger partial charge in [-0.05, 0) is 56.3 Å². The molecule has 0 amide bonds. The van der Waals surface area contributed by atoms with Gasteiger partial charge in [-0.3, -0.25) is 0 Å². The minimum Gasteiger partial charge on any atom is -0.491 e. The monoisotopic (exact) mass is 324 g/mol. The van der Waals surface area contributed by atoms with Gasteiger partial charge in [-0.2, -0.15) is 0 Å². The van der Waals surface area contributed by atoms with Crippen molar-refractivity contribution in [2.45, 2.75) is 20.0 Å². The Morgan fingerprint density at radius 2 is 1.63 bits per heavy atom. The van der Waals surface area contributed by atoms with Gasteiger partial charge in [-0.25, -0.2) is 4.39 Å². The highest BCUT2D eigenvalue weighted by Gasteiger charge is 2.05. The van der Waals surface area contributed by atoms with E-state index in [0.717, 1.165) is 5.75 Å². The molecule has 0 aliphatic carbocycles. The molecule has 0 radical (unpaired) electrons. The highest BCUT2D eigenvalue weighted by Crippen LogP contribution is 2.28. The second kappa shape index (κ2) is 6.06. The summed E-state index contributed by atoms with van der Waals surface area (Å²) in [7, 11) is 0. The van der Waals surface area contributed by atoms with Crippen LogP contribution in [0.5, 0.6) is 17.2 Å². The number of hydrogen-bond donors (Lipinski definition) is 0. The second-order valence-electron chi connectivity index (χ2n) is 4.31.